The zero-order valence-electron chi connectivity index (χ0n) is 14.7. The second-order valence-electron chi connectivity index (χ2n) is 6.63. The molecule has 3 aromatic rings. The second-order valence-corrected chi connectivity index (χ2v) is 6.63. The van der Waals surface area contributed by atoms with Gasteiger partial charge in [0.2, 0.25) is 0 Å². The fraction of sp³-hybridized carbons (Fsp3) is 0.174. The van der Waals surface area contributed by atoms with Gasteiger partial charge in [-0.25, -0.2) is 0 Å². The molecular weight excluding hydrogens is 306 g/mol. The SMILES string of the molecule is CC(C)Cc1cc(-c2ccccc2)cc(C=Nc2ccccc2)c1O. The molecule has 0 fully saturated rings. The van der Waals surface area contributed by atoms with Crippen molar-refractivity contribution >= 4 is 11.9 Å². The monoisotopic (exact) mass is 329 g/mol. The Morgan fingerprint density at radius 3 is 2.16 bits per heavy atom. The van der Waals surface area contributed by atoms with Crippen LogP contribution in [-0.2, 0) is 6.42 Å². The second kappa shape index (κ2) is 7.80. The van der Waals surface area contributed by atoms with Crippen LogP contribution in [-0.4, -0.2) is 11.3 Å². The van der Waals surface area contributed by atoms with Crippen LogP contribution < -0.4 is 0 Å². The Morgan fingerprint density at radius 2 is 1.52 bits per heavy atom. The number of para-hydroxylation sites is 1. The largest absolute Gasteiger partial charge is 0.507 e. The maximum Gasteiger partial charge on any atom is 0.127 e. The van der Waals surface area contributed by atoms with Crippen molar-refractivity contribution in [2.75, 3.05) is 0 Å². The van der Waals surface area contributed by atoms with Crippen molar-refractivity contribution in [2.24, 2.45) is 10.9 Å². The minimum atomic E-state index is 0.327. The number of phenols is 1. The van der Waals surface area contributed by atoms with E-state index in [0.717, 1.165) is 34.4 Å². The van der Waals surface area contributed by atoms with Gasteiger partial charge in [-0.1, -0.05) is 62.4 Å². The summed E-state index contributed by atoms with van der Waals surface area (Å²) in [5, 5.41) is 10.7. The molecule has 0 heterocycles. The molecule has 0 aromatic heterocycles. The van der Waals surface area contributed by atoms with Gasteiger partial charge >= 0.3 is 0 Å². The lowest BCUT2D eigenvalue weighted by Crippen LogP contribution is -1.98. The van der Waals surface area contributed by atoms with Gasteiger partial charge in [0.05, 0.1) is 5.69 Å². The smallest absolute Gasteiger partial charge is 0.127 e. The first-order valence-corrected chi connectivity index (χ1v) is 8.64. The Bertz CT molecular complexity index is 852. The Balaban J connectivity index is 2.05. The van der Waals surface area contributed by atoms with Gasteiger partial charge in [0, 0.05) is 11.8 Å². The van der Waals surface area contributed by atoms with Crippen LogP contribution in [0.4, 0.5) is 5.69 Å². The Morgan fingerprint density at radius 1 is 0.880 bits per heavy atom. The van der Waals surface area contributed by atoms with E-state index in [0.29, 0.717) is 11.7 Å². The molecule has 0 saturated heterocycles. The number of hydrogen-bond acceptors (Lipinski definition) is 2. The van der Waals surface area contributed by atoms with E-state index in [1.165, 1.54) is 0 Å². The molecule has 0 radical (unpaired) electrons. The van der Waals surface area contributed by atoms with E-state index in [1.807, 2.05) is 54.6 Å². The maximum absolute atomic E-state index is 10.7. The van der Waals surface area contributed by atoms with E-state index in [2.05, 4.69) is 37.0 Å². The van der Waals surface area contributed by atoms with Crippen molar-refractivity contribution in [3.8, 4) is 16.9 Å². The average molecular weight is 329 g/mol. The molecule has 2 nitrogen and oxygen atoms in total. The fourth-order valence-electron chi connectivity index (χ4n) is 2.87. The van der Waals surface area contributed by atoms with Crippen LogP contribution in [0, 0.1) is 5.92 Å². The average Bonchev–Trinajstić information content (AvgIpc) is 2.63. The number of aliphatic imine (C=N–C) groups is 1. The van der Waals surface area contributed by atoms with E-state index < -0.39 is 0 Å². The quantitative estimate of drug-likeness (QED) is 0.571. The van der Waals surface area contributed by atoms with Crippen LogP contribution in [0.1, 0.15) is 25.0 Å². The predicted molar refractivity (Wildman–Crippen MR) is 106 cm³/mol. The van der Waals surface area contributed by atoms with E-state index in [-0.39, 0.29) is 0 Å². The van der Waals surface area contributed by atoms with E-state index in [1.54, 1.807) is 6.21 Å². The van der Waals surface area contributed by atoms with Gasteiger partial charge in [0.1, 0.15) is 5.75 Å². The highest BCUT2D eigenvalue weighted by Crippen LogP contribution is 2.31. The molecule has 25 heavy (non-hydrogen) atoms. The third-order valence-corrected chi connectivity index (χ3v) is 4.06. The summed E-state index contributed by atoms with van der Waals surface area (Å²) < 4.78 is 0. The summed E-state index contributed by atoms with van der Waals surface area (Å²) in [5.41, 5.74) is 4.83. The highest BCUT2D eigenvalue weighted by atomic mass is 16.3. The van der Waals surface area contributed by atoms with Crippen molar-refractivity contribution in [2.45, 2.75) is 20.3 Å². The molecule has 0 bridgehead atoms. The van der Waals surface area contributed by atoms with E-state index in [9.17, 15) is 5.11 Å². The zero-order chi connectivity index (χ0) is 17.6. The molecule has 3 aromatic carbocycles. The third kappa shape index (κ3) is 4.36. The molecule has 2 heteroatoms. The lowest BCUT2D eigenvalue weighted by Gasteiger charge is -2.13. The van der Waals surface area contributed by atoms with Gasteiger partial charge in [0.15, 0.2) is 0 Å². The highest BCUT2D eigenvalue weighted by Gasteiger charge is 2.11. The summed E-state index contributed by atoms with van der Waals surface area (Å²) in [6.45, 7) is 4.32. The van der Waals surface area contributed by atoms with Gasteiger partial charge in [-0.2, -0.15) is 0 Å². The fourth-order valence-corrected chi connectivity index (χ4v) is 2.87. The number of benzene rings is 3. The van der Waals surface area contributed by atoms with Gasteiger partial charge in [0.25, 0.3) is 0 Å². The number of phenolic OH excluding ortho intramolecular Hbond substituents is 1. The van der Waals surface area contributed by atoms with E-state index >= 15 is 0 Å². The predicted octanol–water partition coefficient (Wildman–Crippen LogP) is 6.01. The van der Waals surface area contributed by atoms with Gasteiger partial charge in [-0.05, 0) is 53.3 Å². The van der Waals surface area contributed by atoms with Gasteiger partial charge in [-0.3, -0.25) is 4.99 Å². The summed E-state index contributed by atoms with van der Waals surface area (Å²) in [6, 6.07) is 24.1. The standard InChI is InChI=1S/C23H23NO/c1-17(2)13-20-14-19(18-9-5-3-6-10-18)15-21(23(20)25)16-24-22-11-7-4-8-12-22/h3-12,14-17,25H,13H2,1-2H3. The first-order chi connectivity index (χ1) is 12.1. The number of nitrogens with zero attached hydrogens (tertiary/aromatic N) is 1. The molecule has 1 N–H and O–H groups in total. The summed E-state index contributed by atoms with van der Waals surface area (Å²) >= 11 is 0. The summed E-state index contributed by atoms with van der Waals surface area (Å²) in [7, 11) is 0. The zero-order valence-corrected chi connectivity index (χ0v) is 14.7. The van der Waals surface area contributed by atoms with Crippen LogP contribution in [0.5, 0.6) is 5.75 Å². The summed E-state index contributed by atoms with van der Waals surface area (Å²) in [4.78, 5) is 4.51. The molecule has 0 spiro atoms. The normalized spacial score (nSPS) is 11.3. The maximum atomic E-state index is 10.7. The Kier molecular flexibility index (Phi) is 5.30. The number of aromatic hydroxyl groups is 1. The van der Waals surface area contributed by atoms with Gasteiger partial charge < -0.3 is 5.11 Å². The minimum absolute atomic E-state index is 0.327. The molecule has 0 saturated carbocycles. The van der Waals surface area contributed by atoms with Crippen LogP contribution in [0.15, 0.2) is 77.8 Å². The van der Waals surface area contributed by atoms with Crippen molar-refractivity contribution in [1.82, 2.24) is 0 Å². The lowest BCUT2D eigenvalue weighted by atomic mass is 9.94. The topological polar surface area (TPSA) is 32.6 Å². The Hall–Kier alpha value is -2.87. The number of rotatable bonds is 5. The number of hydrogen-bond donors (Lipinski definition) is 1. The van der Waals surface area contributed by atoms with Crippen molar-refractivity contribution < 1.29 is 5.11 Å². The van der Waals surface area contributed by atoms with Crippen LogP contribution >= 0.6 is 0 Å². The molecule has 0 atom stereocenters. The van der Waals surface area contributed by atoms with Crippen molar-refractivity contribution in [3.05, 3.63) is 83.9 Å². The third-order valence-electron chi connectivity index (χ3n) is 4.06. The summed E-state index contributed by atoms with van der Waals surface area (Å²) in [6.07, 6.45) is 2.58. The first kappa shape index (κ1) is 17.0. The highest BCUT2D eigenvalue weighted by molar-refractivity contribution is 5.88. The lowest BCUT2D eigenvalue weighted by molar-refractivity contribution is 0.462. The van der Waals surface area contributed by atoms with E-state index in [4.69, 9.17) is 0 Å². The molecule has 0 amide bonds. The van der Waals surface area contributed by atoms with Gasteiger partial charge in [-0.15, -0.1) is 0 Å². The van der Waals surface area contributed by atoms with Crippen LogP contribution in [0.3, 0.4) is 0 Å². The molecule has 0 aliphatic heterocycles. The summed E-state index contributed by atoms with van der Waals surface area (Å²) in [5.74, 6) is 0.795. The van der Waals surface area contributed by atoms with Crippen molar-refractivity contribution in [3.63, 3.8) is 0 Å². The van der Waals surface area contributed by atoms with Crippen LogP contribution in [0.25, 0.3) is 11.1 Å². The van der Waals surface area contributed by atoms with Crippen molar-refractivity contribution in [1.29, 1.82) is 0 Å². The molecule has 3 rings (SSSR count). The minimum Gasteiger partial charge on any atom is -0.507 e. The Labute approximate surface area is 149 Å². The molecule has 0 aliphatic rings. The molecule has 0 aliphatic carbocycles. The molecule has 126 valence electrons. The molecular formula is C23H23NO. The molecule has 0 unspecified atom stereocenters. The first-order valence-electron chi connectivity index (χ1n) is 8.64. The van der Waals surface area contributed by atoms with Crippen LogP contribution in [0.2, 0.25) is 0 Å².